The van der Waals surface area contributed by atoms with Gasteiger partial charge in [-0.05, 0) is 35.4 Å². The second kappa shape index (κ2) is 12.9. The molecule has 0 spiro atoms. The Balaban J connectivity index is 1.59. The van der Waals surface area contributed by atoms with Crippen molar-refractivity contribution in [3.63, 3.8) is 0 Å². The van der Waals surface area contributed by atoms with Crippen molar-refractivity contribution in [3.8, 4) is 0 Å². The molecule has 1 atom stereocenters. The number of anilines is 2. The zero-order valence-corrected chi connectivity index (χ0v) is 22.0. The van der Waals surface area contributed by atoms with Crippen LogP contribution in [0.4, 0.5) is 42.1 Å². The van der Waals surface area contributed by atoms with Gasteiger partial charge in [0.2, 0.25) is 11.8 Å². The van der Waals surface area contributed by atoms with Crippen LogP contribution in [-0.2, 0) is 15.8 Å². The molecule has 4 aromatic rings. The highest BCUT2D eigenvalue weighted by Crippen LogP contribution is 2.41. The summed E-state index contributed by atoms with van der Waals surface area (Å²) in [7, 11) is 0. The number of halogens is 7. The van der Waals surface area contributed by atoms with E-state index in [1.165, 1.54) is 24.3 Å². The Hall–Kier alpha value is -4.58. The van der Waals surface area contributed by atoms with Crippen LogP contribution in [0.5, 0.6) is 0 Å². The molecule has 2 N–H and O–H groups in total. The third kappa shape index (κ3) is 7.19. The van der Waals surface area contributed by atoms with Gasteiger partial charge in [-0.1, -0.05) is 66.7 Å². The first-order valence-electron chi connectivity index (χ1n) is 12.1. The average molecular weight is 605 g/mol. The van der Waals surface area contributed by atoms with Crippen molar-refractivity contribution in [2.45, 2.75) is 16.3 Å². The molecule has 0 aromatic heterocycles. The van der Waals surface area contributed by atoms with E-state index in [-0.39, 0.29) is 0 Å². The van der Waals surface area contributed by atoms with Crippen LogP contribution in [-0.4, -0.2) is 11.8 Å². The van der Waals surface area contributed by atoms with E-state index in [0.717, 1.165) is 17.3 Å². The van der Waals surface area contributed by atoms with E-state index in [9.17, 15) is 40.3 Å². The Morgan fingerprint density at radius 1 is 0.738 bits per heavy atom. The minimum atomic E-state index is -5.72. The van der Waals surface area contributed by atoms with Crippen molar-refractivity contribution in [2.24, 2.45) is 0 Å². The van der Waals surface area contributed by atoms with Gasteiger partial charge in [0.1, 0.15) is 16.5 Å². The van der Waals surface area contributed by atoms with E-state index < -0.39 is 57.8 Å². The number of rotatable bonds is 8. The molecule has 0 saturated carbocycles. The lowest BCUT2D eigenvalue weighted by Crippen LogP contribution is -2.23. The normalized spacial score (nSPS) is 12.3. The molecule has 12 heteroatoms. The van der Waals surface area contributed by atoms with Gasteiger partial charge in [0.15, 0.2) is 23.3 Å². The maximum Gasteiger partial charge on any atom is 0.422 e. The zero-order valence-electron chi connectivity index (χ0n) is 21.2. The molecule has 0 radical (unpaired) electrons. The Labute approximate surface area is 239 Å². The van der Waals surface area contributed by atoms with Gasteiger partial charge < -0.3 is 10.6 Å². The van der Waals surface area contributed by atoms with Crippen molar-refractivity contribution in [2.75, 3.05) is 10.6 Å². The van der Waals surface area contributed by atoms with E-state index in [0.29, 0.717) is 16.1 Å². The summed E-state index contributed by atoms with van der Waals surface area (Å²) in [6, 6.07) is 23.0. The van der Waals surface area contributed by atoms with Gasteiger partial charge in [0.25, 0.3) is 0 Å². The minimum Gasteiger partial charge on any atom is -0.322 e. The molecule has 0 bridgehead atoms. The fourth-order valence-corrected chi connectivity index (χ4v) is 4.87. The van der Waals surface area contributed by atoms with Crippen molar-refractivity contribution >= 4 is 41.0 Å². The second-order valence-electron chi connectivity index (χ2n) is 8.66. The molecule has 0 saturated heterocycles. The summed E-state index contributed by atoms with van der Waals surface area (Å²) in [6.45, 7) is 0. The van der Waals surface area contributed by atoms with Crippen LogP contribution in [0.15, 0.2) is 95.9 Å². The number of carbonyl (C=O) groups excluding carboxylic acids is 2. The molecule has 0 aliphatic heterocycles. The van der Waals surface area contributed by atoms with Crippen LogP contribution in [0.3, 0.4) is 0 Å². The number of amides is 2. The number of nitrogens with one attached hydrogen (secondary N) is 2. The molecule has 216 valence electrons. The van der Waals surface area contributed by atoms with E-state index in [1.807, 2.05) is 18.2 Å². The number of benzene rings is 4. The smallest absolute Gasteiger partial charge is 0.322 e. The predicted molar refractivity (Wildman–Crippen MR) is 145 cm³/mol. The van der Waals surface area contributed by atoms with Gasteiger partial charge in [-0.25, -0.2) is 17.6 Å². The van der Waals surface area contributed by atoms with Crippen LogP contribution in [0.25, 0.3) is 6.08 Å². The highest BCUT2D eigenvalue weighted by Gasteiger charge is 2.42. The topological polar surface area (TPSA) is 58.2 Å². The lowest BCUT2D eigenvalue weighted by molar-refractivity contribution is -0.143. The zero-order chi connectivity index (χ0) is 30.4. The van der Waals surface area contributed by atoms with Crippen molar-refractivity contribution in [1.29, 1.82) is 0 Å². The van der Waals surface area contributed by atoms with E-state index in [4.69, 9.17) is 0 Å². The standard InChI is InChI=1S/C30H19F7N2O2S/c31-23-22(30(35,36)37)24(32)26(34)27(25(23)33)39-29(41)28(18-10-5-2-6-11-18)42-20-13-7-12-19(16-20)38-21(40)15-14-17-8-3-1-4-9-17/h1-16,28H,(H,38,40)(H,39,41)/b15-14+. The maximum atomic E-state index is 14.5. The first-order valence-corrected chi connectivity index (χ1v) is 12.9. The lowest BCUT2D eigenvalue weighted by Gasteiger charge is -2.19. The van der Waals surface area contributed by atoms with Crippen LogP contribution in [0, 0.1) is 23.3 Å². The number of hydrogen-bond donors (Lipinski definition) is 2. The number of carbonyl (C=O) groups is 2. The molecule has 1 unspecified atom stereocenters. The van der Waals surface area contributed by atoms with Crippen LogP contribution < -0.4 is 10.6 Å². The van der Waals surface area contributed by atoms with E-state index in [2.05, 4.69) is 5.32 Å². The summed E-state index contributed by atoms with van der Waals surface area (Å²) in [5.74, 6) is -11.8. The third-order valence-corrected chi connectivity index (χ3v) is 6.97. The van der Waals surface area contributed by atoms with Crippen molar-refractivity contribution in [1.82, 2.24) is 0 Å². The molecule has 4 nitrogen and oxygen atoms in total. The fourth-order valence-electron chi connectivity index (χ4n) is 3.78. The molecule has 0 fully saturated rings. The van der Waals surface area contributed by atoms with Gasteiger partial charge in [-0.3, -0.25) is 9.59 Å². The molecular formula is C30H19F7N2O2S. The molecule has 0 aliphatic rings. The molecule has 0 aliphatic carbocycles. The predicted octanol–water partition coefficient (Wildman–Crippen LogP) is 8.39. The number of thioether (sulfide) groups is 1. The summed E-state index contributed by atoms with van der Waals surface area (Å²) in [6.07, 6.45) is -2.80. The highest BCUT2D eigenvalue weighted by atomic mass is 32.2. The Morgan fingerprint density at radius 2 is 1.33 bits per heavy atom. The second-order valence-corrected chi connectivity index (χ2v) is 9.84. The van der Waals surface area contributed by atoms with E-state index in [1.54, 1.807) is 59.9 Å². The molecule has 42 heavy (non-hydrogen) atoms. The highest BCUT2D eigenvalue weighted by molar-refractivity contribution is 8.00. The lowest BCUT2D eigenvalue weighted by atomic mass is 10.1. The minimum absolute atomic E-state index is 0.300. The molecule has 0 heterocycles. The fraction of sp³-hybridized carbons (Fsp3) is 0.0667. The average Bonchev–Trinajstić information content (AvgIpc) is 2.96. The summed E-state index contributed by atoms with van der Waals surface area (Å²) < 4.78 is 96.1. The first-order chi connectivity index (χ1) is 20.0. The Kier molecular flexibility index (Phi) is 9.36. The van der Waals surface area contributed by atoms with Gasteiger partial charge in [-0.2, -0.15) is 13.2 Å². The summed E-state index contributed by atoms with van der Waals surface area (Å²) in [5.41, 5.74) is -3.00. The quantitative estimate of drug-likeness (QED) is 0.0920. The number of hydrogen-bond acceptors (Lipinski definition) is 3. The molecule has 4 aromatic carbocycles. The monoisotopic (exact) mass is 604 g/mol. The van der Waals surface area contributed by atoms with Gasteiger partial charge >= 0.3 is 6.18 Å². The summed E-state index contributed by atoms with van der Waals surface area (Å²) >= 11 is 0.854. The summed E-state index contributed by atoms with van der Waals surface area (Å²) in [4.78, 5) is 26.0. The van der Waals surface area contributed by atoms with Crippen molar-refractivity contribution in [3.05, 3.63) is 131 Å². The summed E-state index contributed by atoms with van der Waals surface area (Å²) in [5, 5.41) is 3.08. The largest absolute Gasteiger partial charge is 0.422 e. The van der Waals surface area contributed by atoms with Gasteiger partial charge in [0, 0.05) is 16.7 Å². The number of alkyl halides is 3. The SMILES string of the molecule is O=C(/C=C/c1ccccc1)Nc1cccc(SC(C(=O)Nc2c(F)c(F)c(C(F)(F)F)c(F)c2F)c2ccccc2)c1. The van der Waals surface area contributed by atoms with Crippen LogP contribution >= 0.6 is 11.8 Å². The van der Waals surface area contributed by atoms with Gasteiger partial charge in [0.05, 0.1) is 0 Å². The van der Waals surface area contributed by atoms with Crippen LogP contribution in [0.1, 0.15) is 21.9 Å². The van der Waals surface area contributed by atoms with Crippen LogP contribution in [0.2, 0.25) is 0 Å². The molecular weight excluding hydrogens is 585 g/mol. The van der Waals surface area contributed by atoms with E-state index >= 15 is 0 Å². The Bertz CT molecular complexity index is 1600. The Morgan fingerprint density at radius 3 is 1.93 bits per heavy atom. The third-order valence-electron chi connectivity index (χ3n) is 5.72. The molecule has 2 amide bonds. The molecule has 4 rings (SSSR count). The maximum absolute atomic E-state index is 14.5. The first kappa shape index (κ1) is 30.4. The van der Waals surface area contributed by atoms with Crippen molar-refractivity contribution < 1.29 is 40.3 Å². The van der Waals surface area contributed by atoms with Gasteiger partial charge in [-0.15, -0.1) is 11.8 Å².